The zero-order valence-corrected chi connectivity index (χ0v) is 11.8. The molecule has 0 spiro atoms. The molecule has 0 fully saturated rings. The fourth-order valence-corrected chi connectivity index (χ4v) is 1.99. The van der Waals surface area contributed by atoms with Crippen molar-refractivity contribution in [1.82, 2.24) is 10.2 Å². The lowest BCUT2D eigenvalue weighted by Gasteiger charge is -2.16. The lowest BCUT2D eigenvalue weighted by molar-refractivity contribution is 0.0593. The van der Waals surface area contributed by atoms with Crippen LogP contribution in [0, 0.1) is 6.92 Å². The zero-order valence-electron chi connectivity index (χ0n) is 11.8. The number of nitrogens with zero attached hydrogens (tertiary/aromatic N) is 2. The molecule has 20 heavy (non-hydrogen) atoms. The summed E-state index contributed by atoms with van der Waals surface area (Å²) < 4.78 is 4.58. The molecule has 1 aromatic heterocycles. The van der Waals surface area contributed by atoms with Crippen LogP contribution in [-0.4, -0.2) is 23.3 Å². The van der Waals surface area contributed by atoms with E-state index in [4.69, 9.17) is 0 Å². The van der Waals surface area contributed by atoms with Gasteiger partial charge in [-0.15, -0.1) is 10.2 Å². The van der Waals surface area contributed by atoms with E-state index in [9.17, 15) is 4.79 Å². The number of anilines is 1. The zero-order chi connectivity index (χ0) is 14.5. The second-order valence-electron chi connectivity index (χ2n) is 4.52. The minimum absolute atomic E-state index is 0.106. The highest BCUT2D eigenvalue weighted by molar-refractivity contribution is 5.86. The van der Waals surface area contributed by atoms with Gasteiger partial charge in [-0.25, -0.2) is 4.79 Å². The quantitative estimate of drug-likeness (QED) is 0.866. The number of methoxy groups -OCH3 is 1. The number of aromatic nitrogens is 2. The second kappa shape index (κ2) is 6.14. The lowest BCUT2D eigenvalue weighted by Crippen LogP contribution is -2.11. The molecule has 1 atom stereocenters. The van der Waals surface area contributed by atoms with Crippen molar-refractivity contribution < 1.29 is 9.53 Å². The standard InChI is InChI=1S/C15H17N3O2/c1-10-6-4-5-7-12(10)11(2)16-14-9-8-13(17-18-14)15(19)20-3/h4-9,11H,1-3H3,(H,16,18). The first-order valence-electron chi connectivity index (χ1n) is 6.36. The summed E-state index contributed by atoms with van der Waals surface area (Å²) in [5, 5.41) is 11.1. The molecule has 0 saturated carbocycles. The molecule has 1 N–H and O–H groups in total. The topological polar surface area (TPSA) is 64.1 Å². The molecule has 2 rings (SSSR count). The highest BCUT2D eigenvalue weighted by atomic mass is 16.5. The van der Waals surface area contributed by atoms with Gasteiger partial charge in [0.2, 0.25) is 0 Å². The van der Waals surface area contributed by atoms with Gasteiger partial charge in [0, 0.05) is 0 Å². The largest absolute Gasteiger partial charge is 0.464 e. The van der Waals surface area contributed by atoms with Crippen LogP contribution in [0.5, 0.6) is 0 Å². The van der Waals surface area contributed by atoms with Crippen molar-refractivity contribution in [2.45, 2.75) is 19.9 Å². The van der Waals surface area contributed by atoms with Gasteiger partial charge in [0.25, 0.3) is 0 Å². The van der Waals surface area contributed by atoms with Gasteiger partial charge in [0.15, 0.2) is 5.69 Å². The predicted octanol–water partition coefficient (Wildman–Crippen LogP) is 2.74. The smallest absolute Gasteiger partial charge is 0.358 e. The van der Waals surface area contributed by atoms with Crippen molar-refractivity contribution in [1.29, 1.82) is 0 Å². The molecule has 0 saturated heterocycles. The molecular formula is C15H17N3O2. The highest BCUT2D eigenvalue weighted by Crippen LogP contribution is 2.20. The maximum absolute atomic E-state index is 11.3. The first kappa shape index (κ1) is 14.0. The third kappa shape index (κ3) is 3.12. The number of benzene rings is 1. The van der Waals surface area contributed by atoms with E-state index >= 15 is 0 Å². The molecule has 0 aliphatic carbocycles. The van der Waals surface area contributed by atoms with Gasteiger partial charge in [0.05, 0.1) is 13.2 Å². The first-order valence-corrected chi connectivity index (χ1v) is 6.36. The Kier molecular flexibility index (Phi) is 4.30. The highest BCUT2D eigenvalue weighted by Gasteiger charge is 2.11. The van der Waals surface area contributed by atoms with E-state index in [1.54, 1.807) is 12.1 Å². The summed E-state index contributed by atoms with van der Waals surface area (Å²) in [5.41, 5.74) is 2.61. The summed E-state index contributed by atoms with van der Waals surface area (Å²) in [6, 6.07) is 11.6. The molecule has 0 amide bonds. The Balaban J connectivity index is 2.10. The van der Waals surface area contributed by atoms with Crippen molar-refractivity contribution in [2.24, 2.45) is 0 Å². The van der Waals surface area contributed by atoms with Crippen LogP contribution < -0.4 is 5.32 Å². The summed E-state index contributed by atoms with van der Waals surface area (Å²) in [6.45, 7) is 4.12. The summed E-state index contributed by atoms with van der Waals surface area (Å²) in [4.78, 5) is 11.3. The lowest BCUT2D eigenvalue weighted by atomic mass is 10.0. The van der Waals surface area contributed by atoms with Crippen LogP contribution >= 0.6 is 0 Å². The van der Waals surface area contributed by atoms with Gasteiger partial charge in [-0.3, -0.25) is 0 Å². The minimum Gasteiger partial charge on any atom is -0.464 e. The molecule has 1 aromatic carbocycles. The number of carbonyl (C=O) groups excluding carboxylic acids is 1. The van der Waals surface area contributed by atoms with Crippen molar-refractivity contribution in [3.05, 3.63) is 53.2 Å². The number of ether oxygens (including phenoxy) is 1. The molecule has 0 bridgehead atoms. The molecular weight excluding hydrogens is 254 g/mol. The molecule has 5 nitrogen and oxygen atoms in total. The van der Waals surface area contributed by atoms with Crippen molar-refractivity contribution in [3.8, 4) is 0 Å². The normalized spacial score (nSPS) is 11.8. The minimum atomic E-state index is -0.490. The average molecular weight is 271 g/mol. The number of hydrogen-bond donors (Lipinski definition) is 1. The van der Waals surface area contributed by atoms with Crippen LogP contribution in [0.2, 0.25) is 0 Å². The van der Waals surface area contributed by atoms with Crippen LogP contribution in [0.25, 0.3) is 0 Å². The third-order valence-electron chi connectivity index (χ3n) is 3.08. The van der Waals surface area contributed by atoms with E-state index in [-0.39, 0.29) is 11.7 Å². The Labute approximate surface area is 118 Å². The number of carbonyl (C=O) groups is 1. The second-order valence-corrected chi connectivity index (χ2v) is 4.52. The molecule has 0 aliphatic heterocycles. The number of rotatable bonds is 4. The molecule has 2 aromatic rings. The van der Waals surface area contributed by atoms with Gasteiger partial charge in [-0.1, -0.05) is 24.3 Å². The Bertz CT molecular complexity index is 596. The molecule has 0 radical (unpaired) electrons. The monoisotopic (exact) mass is 271 g/mol. The van der Waals surface area contributed by atoms with Crippen molar-refractivity contribution in [2.75, 3.05) is 12.4 Å². The Morgan fingerprint density at radius 1 is 1.20 bits per heavy atom. The number of nitrogens with one attached hydrogen (secondary N) is 1. The fraction of sp³-hybridized carbons (Fsp3) is 0.267. The Morgan fingerprint density at radius 2 is 1.95 bits per heavy atom. The Hall–Kier alpha value is -2.43. The number of esters is 1. The maximum atomic E-state index is 11.3. The van der Waals surface area contributed by atoms with Crippen LogP contribution in [0.4, 0.5) is 5.82 Å². The van der Waals surface area contributed by atoms with E-state index in [0.29, 0.717) is 5.82 Å². The van der Waals surface area contributed by atoms with Gasteiger partial charge >= 0.3 is 5.97 Å². The van der Waals surface area contributed by atoms with E-state index in [0.717, 1.165) is 0 Å². The van der Waals surface area contributed by atoms with Gasteiger partial charge < -0.3 is 10.1 Å². The maximum Gasteiger partial charge on any atom is 0.358 e. The van der Waals surface area contributed by atoms with Crippen LogP contribution in [0.15, 0.2) is 36.4 Å². The van der Waals surface area contributed by atoms with E-state index < -0.39 is 5.97 Å². The van der Waals surface area contributed by atoms with Crippen LogP contribution in [0.1, 0.15) is 34.6 Å². The molecule has 1 unspecified atom stereocenters. The van der Waals surface area contributed by atoms with E-state index in [1.807, 2.05) is 12.1 Å². The van der Waals surface area contributed by atoms with E-state index in [1.165, 1.54) is 18.2 Å². The van der Waals surface area contributed by atoms with E-state index in [2.05, 4.69) is 46.2 Å². The predicted molar refractivity (Wildman–Crippen MR) is 76.6 cm³/mol. The fourth-order valence-electron chi connectivity index (χ4n) is 1.99. The summed E-state index contributed by atoms with van der Waals surface area (Å²) in [7, 11) is 1.32. The molecule has 1 heterocycles. The summed E-state index contributed by atoms with van der Waals surface area (Å²) in [6.07, 6.45) is 0. The molecule has 104 valence electrons. The van der Waals surface area contributed by atoms with Crippen LogP contribution in [0.3, 0.4) is 0 Å². The first-order chi connectivity index (χ1) is 9.61. The van der Waals surface area contributed by atoms with Gasteiger partial charge in [-0.05, 0) is 37.1 Å². The molecule has 5 heteroatoms. The van der Waals surface area contributed by atoms with Crippen molar-refractivity contribution in [3.63, 3.8) is 0 Å². The molecule has 0 aliphatic rings. The SMILES string of the molecule is COC(=O)c1ccc(NC(C)c2ccccc2C)nn1. The van der Waals surface area contributed by atoms with Crippen molar-refractivity contribution >= 4 is 11.8 Å². The summed E-state index contributed by atoms with van der Waals surface area (Å²) >= 11 is 0. The Morgan fingerprint density at radius 3 is 2.55 bits per heavy atom. The average Bonchev–Trinajstić information content (AvgIpc) is 2.47. The van der Waals surface area contributed by atoms with Gasteiger partial charge in [0.1, 0.15) is 5.82 Å². The number of aryl methyl sites for hydroxylation is 1. The van der Waals surface area contributed by atoms with Gasteiger partial charge in [-0.2, -0.15) is 0 Å². The summed E-state index contributed by atoms with van der Waals surface area (Å²) in [5.74, 6) is 0.129. The number of hydrogen-bond acceptors (Lipinski definition) is 5. The third-order valence-corrected chi connectivity index (χ3v) is 3.08. The van der Waals surface area contributed by atoms with Crippen LogP contribution in [-0.2, 0) is 4.74 Å².